The lowest BCUT2D eigenvalue weighted by atomic mass is 10.0. The van der Waals surface area contributed by atoms with Gasteiger partial charge in [0.05, 0.1) is 26.3 Å². The zero-order valence-corrected chi connectivity index (χ0v) is 16.3. The van der Waals surface area contributed by atoms with E-state index in [1.165, 1.54) is 23.1 Å². The van der Waals surface area contributed by atoms with E-state index in [-0.39, 0.29) is 11.5 Å². The van der Waals surface area contributed by atoms with Gasteiger partial charge in [-0.3, -0.25) is 9.59 Å². The molecule has 0 saturated carbocycles. The summed E-state index contributed by atoms with van der Waals surface area (Å²) < 4.78 is 18.8. The SMILES string of the molecule is O=C(N[C@H](Cc1ccccc1)C(=O)NCC[NH+]1CCOCC1)c1cccc(F)c1. The molecule has 3 N–H and O–H groups in total. The zero-order valence-electron chi connectivity index (χ0n) is 16.3. The van der Waals surface area contributed by atoms with Crippen molar-refractivity contribution in [2.75, 3.05) is 39.4 Å². The highest BCUT2D eigenvalue weighted by Gasteiger charge is 2.23. The highest BCUT2D eigenvalue weighted by molar-refractivity contribution is 5.97. The second-order valence-corrected chi connectivity index (χ2v) is 7.13. The smallest absolute Gasteiger partial charge is 0.252 e. The van der Waals surface area contributed by atoms with Gasteiger partial charge in [-0.2, -0.15) is 0 Å². The maximum Gasteiger partial charge on any atom is 0.252 e. The van der Waals surface area contributed by atoms with Crippen LogP contribution in [-0.4, -0.2) is 57.2 Å². The molecule has 1 aliphatic rings. The van der Waals surface area contributed by atoms with E-state index in [0.29, 0.717) is 13.0 Å². The van der Waals surface area contributed by atoms with Gasteiger partial charge in [0, 0.05) is 12.0 Å². The minimum absolute atomic E-state index is 0.189. The number of carbonyl (C=O) groups excluding carboxylic acids is 2. The Balaban J connectivity index is 1.61. The van der Waals surface area contributed by atoms with E-state index in [0.717, 1.165) is 44.5 Å². The predicted molar refractivity (Wildman–Crippen MR) is 107 cm³/mol. The van der Waals surface area contributed by atoms with E-state index in [1.807, 2.05) is 30.3 Å². The Bertz CT molecular complexity index is 810. The maximum absolute atomic E-state index is 13.4. The molecular formula is C22H27FN3O3+. The lowest BCUT2D eigenvalue weighted by Gasteiger charge is -2.24. The molecule has 29 heavy (non-hydrogen) atoms. The van der Waals surface area contributed by atoms with Crippen molar-refractivity contribution in [1.29, 1.82) is 0 Å². The van der Waals surface area contributed by atoms with Crippen LogP contribution in [0.3, 0.4) is 0 Å². The molecule has 2 aromatic carbocycles. The number of hydrogen-bond acceptors (Lipinski definition) is 3. The van der Waals surface area contributed by atoms with Gasteiger partial charge in [0.15, 0.2) is 0 Å². The molecule has 3 rings (SSSR count). The van der Waals surface area contributed by atoms with Crippen molar-refractivity contribution in [2.24, 2.45) is 0 Å². The molecule has 0 bridgehead atoms. The van der Waals surface area contributed by atoms with Crippen LogP contribution in [0.1, 0.15) is 15.9 Å². The number of morpholine rings is 1. The molecule has 0 spiro atoms. The molecule has 0 aliphatic carbocycles. The van der Waals surface area contributed by atoms with Gasteiger partial charge in [-0.25, -0.2) is 4.39 Å². The van der Waals surface area contributed by atoms with Crippen molar-refractivity contribution in [3.8, 4) is 0 Å². The molecule has 6 nitrogen and oxygen atoms in total. The second kappa shape index (κ2) is 10.7. The molecule has 2 amide bonds. The number of quaternary nitrogens is 1. The molecule has 1 fully saturated rings. The lowest BCUT2D eigenvalue weighted by molar-refractivity contribution is -0.906. The number of ether oxygens (including phenoxy) is 1. The average Bonchev–Trinajstić information content (AvgIpc) is 2.74. The third-order valence-electron chi connectivity index (χ3n) is 4.97. The number of rotatable bonds is 8. The summed E-state index contributed by atoms with van der Waals surface area (Å²) in [7, 11) is 0. The minimum Gasteiger partial charge on any atom is -0.370 e. The van der Waals surface area contributed by atoms with Gasteiger partial charge in [0.2, 0.25) is 5.91 Å². The fourth-order valence-corrected chi connectivity index (χ4v) is 3.33. The van der Waals surface area contributed by atoms with Crippen LogP contribution in [0.25, 0.3) is 0 Å². The summed E-state index contributed by atoms with van der Waals surface area (Å²) in [6.07, 6.45) is 0.359. The number of amides is 2. The molecule has 0 aromatic heterocycles. The minimum atomic E-state index is -0.743. The van der Waals surface area contributed by atoms with E-state index in [4.69, 9.17) is 4.74 Å². The first-order valence-electron chi connectivity index (χ1n) is 9.91. The lowest BCUT2D eigenvalue weighted by Crippen LogP contribution is -3.14. The Morgan fingerprint density at radius 2 is 1.83 bits per heavy atom. The van der Waals surface area contributed by atoms with Gasteiger partial charge < -0.3 is 20.3 Å². The summed E-state index contributed by atoms with van der Waals surface area (Å²) in [6, 6.07) is 14.2. The third-order valence-corrected chi connectivity index (χ3v) is 4.97. The molecule has 0 unspecified atom stereocenters. The first-order valence-corrected chi connectivity index (χ1v) is 9.91. The summed E-state index contributed by atoms with van der Waals surface area (Å²) in [6.45, 7) is 4.67. The number of hydrogen-bond donors (Lipinski definition) is 3. The Labute approximate surface area is 170 Å². The number of benzene rings is 2. The van der Waals surface area contributed by atoms with Crippen LogP contribution in [0.2, 0.25) is 0 Å². The first-order chi connectivity index (χ1) is 14.1. The van der Waals surface area contributed by atoms with Gasteiger partial charge >= 0.3 is 0 Å². The van der Waals surface area contributed by atoms with Gasteiger partial charge in [-0.1, -0.05) is 36.4 Å². The van der Waals surface area contributed by atoms with Crippen LogP contribution in [-0.2, 0) is 16.0 Å². The van der Waals surface area contributed by atoms with Crippen LogP contribution in [0.15, 0.2) is 54.6 Å². The van der Waals surface area contributed by atoms with Crippen LogP contribution in [0, 0.1) is 5.82 Å². The summed E-state index contributed by atoms with van der Waals surface area (Å²) in [5.41, 5.74) is 1.12. The van der Waals surface area contributed by atoms with Crippen molar-refractivity contribution in [2.45, 2.75) is 12.5 Å². The second-order valence-electron chi connectivity index (χ2n) is 7.13. The van der Waals surface area contributed by atoms with E-state index in [1.54, 1.807) is 0 Å². The van der Waals surface area contributed by atoms with E-state index in [2.05, 4.69) is 10.6 Å². The Hall–Kier alpha value is -2.77. The Morgan fingerprint density at radius 1 is 1.07 bits per heavy atom. The van der Waals surface area contributed by atoms with Gasteiger partial charge in [0.25, 0.3) is 5.91 Å². The van der Waals surface area contributed by atoms with E-state index < -0.39 is 17.8 Å². The number of halogens is 1. The molecule has 1 saturated heterocycles. The van der Waals surface area contributed by atoms with Crippen molar-refractivity contribution in [3.05, 3.63) is 71.5 Å². The molecular weight excluding hydrogens is 373 g/mol. The fraction of sp³-hybridized carbons (Fsp3) is 0.364. The van der Waals surface area contributed by atoms with Gasteiger partial charge in [-0.15, -0.1) is 0 Å². The average molecular weight is 400 g/mol. The summed E-state index contributed by atoms with van der Waals surface area (Å²) >= 11 is 0. The van der Waals surface area contributed by atoms with Crippen molar-refractivity contribution in [3.63, 3.8) is 0 Å². The molecule has 1 aliphatic heterocycles. The number of carbonyl (C=O) groups is 2. The summed E-state index contributed by atoms with van der Waals surface area (Å²) in [5.74, 6) is -1.21. The van der Waals surface area contributed by atoms with Gasteiger partial charge in [-0.05, 0) is 23.8 Å². The fourth-order valence-electron chi connectivity index (χ4n) is 3.33. The topological polar surface area (TPSA) is 71.9 Å². The quantitative estimate of drug-likeness (QED) is 0.593. The largest absolute Gasteiger partial charge is 0.370 e. The molecule has 154 valence electrons. The Morgan fingerprint density at radius 3 is 2.55 bits per heavy atom. The van der Waals surface area contributed by atoms with Crippen LogP contribution in [0.5, 0.6) is 0 Å². The molecule has 7 heteroatoms. The normalized spacial score (nSPS) is 15.5. The standard InChI is InChI=1S/C22H26FN3O3/c23-19-8-4-7-18(16-19)21(27)25-20(15-17-5-2-1-3-6-17)22(28)24-9-10-26-11-13-29-14-12-26/h1-8,16,20H,9-15H2,(H,24,28)(H,25,27)/p+1/t20-/m1/s1. The van der Waals surface area contributed by atoms with Gasteiger partial charge in [0.1, 0.15) is 24.9 Å². The third kappa shape index (κ3) is 6.66. The van der Waals surface area contributed by atoms with Crippen molar-refractivity contribution in [1.82, 2.24) is 10.6 Å². The highest BCUT2D eigenvalue weighted by Crippen LogP contribution is 2.07. The van der Waals surface area contributed by atoms with E-state index in [9.17, 15) is 14.0 Å². The molecule has 1 heterocycles. The molecule has 0 radical (unpaired) electrons. The predicted octanol–water partition coefficient (Wildman–Crippen LogP) is 0.198. The Kier molecular flexibility index (Phi) is 7.72. The summed E-state index contributed by atoms with van der Waals surface area (Å²) in [5, 5.41) is 5.68. The van der Waals surface area contributed by atoms with Crippen LogP contribution < -0.4 is 15.5 Å². The van der Waals surface area contributed by atoms with Crippen LogP contribution in [0.4, 0.5) is 4.39 Å². The van der Waals surface area contributed by atoms with Crippen LogP contribution >= 0.6 is 0 Å². The van der Waals surface area contributed by atoms with E-state index >= 15 is 0 Å². The maximum atomic E-state index is 13.4. The first kappa shape index (κ1) is 21.0. The number of nitrogens with one attached hydrogen (secondary N) is 3. The highest BCUT2D eigenvalue weighted by atomic mass is 19.1. The summed E-state index contributed by atoms with van der Waals surface area (Å²) in [4.78, 5) is 26.7. The van der Waals surface area contributed by atoms with Crippen molar-refractivity contribution < 1.29 is 23.6 Å². The monoisotopic (exact) mass is 400 g/mol. The molecule has 1 atom stereocenters. The zero-order chi connectivity index (χ0) is 20.5. The molecule has 2 aromatic rings. The van der Waals surface area contributed by atoms with Crippen molar-refractivity contribution >= 4 is 11.8 Å².